The lowest BCUT2D eigenvalue weighted by Gasteiger charge is -2.12. The van der Waals surface area contributed by atoms with Crippen molar-refractivity contribution in [2.75, 3.05) is 37.2 Å². The van der Waals surface area contributed by atoms with E-state index < -0.39 is 0 Å². The molecule has 2 heterocycles. The van der Waals surface area contributed by atoms with E-state index in [0.717, 1.165) is 5.56 Å². The summed E-state index contributed by atoms with van der Waals surface area (Å²) in [5.41, 5.74) is 6.63. The molecule has 2 aromatic heterocycles. The first-order chi connectivity index (χ1) is 9.58. The van der Waals surface area contributed by atoms with Crippen molar-refractivity contribution < 1.29 is 4.74 Å². The van der Waals surface area contributed by atoms with Crippen molar-refractivity contribution in [2.24, 2.45) is 0 Å². The molecule has 8 nitrogen and oxygen atoms in total. The fourth-order valence-corrected chi connectivity index (χ4v) is 1.48. The minimum absolute atomic E-state index is 0.180. The van der Waals surface area contributed by atoms with E-state index in [0.29, 0.717) is 24.3 Å². The highest BCUT2D eigenvalue weighted by molar-refractivity contribution is 5.41. The van der Waals surface area contributed by atoms with Crippen molar-refractivity contribution >= 4 is 17.8 Å². The SMILES string of the molecule is COc1ccc(CNc2nc(N)nc(N(C)C)n2)cn1. The zero-order valence-electron chi connectivity index (χ0n) is 11.7. The first-order valence-corrected chi connectivity index (χ1v) is 6.00. The number of anilines is 3. The third kappa shape index (κ3) is 3.44. The molecule has 0 saturated carbocycles. The number of hydrogen-bond acceptors (Lipinski definition) is 8. The summed E-state index contributed by atoms with van der Waals surface area (Å²) in [7, 11) is 5.26. The van der Waals surface area contributed by atoms with Crippen LogP contribution in [0.5, 0.6) is 5.88 Å². The van der Waals surface area contributed by atoms with Gasteiger partial charge >= 0.3 is 0 Å². The van der Waals surface area contributed by atoms with Gasteiger partial charge in [-0.05, 0) is 5.56 Å². The lowest BCUT2D eigenvalue weighted by Crippen LogP contribution is -2.16. The fraction of sp³-hybridized carbons (Fsp3) is 0.333. The van der Waals surface area contributed by atoms with Crippen LogP contribution >= 0.6 is 0 Å². The fourth-order valence-electron chi connectivity index (χ4n) is 1.48. The second kappa shape index (κ2) is 6.00. The average molecular weight is 275 g/mol. The summed E-state index contributed by atoms with van der Waals surface area (Å²) in [4.78, 5) is 18.2. The largest absolute Gasteiger partial charge is 0.481 e. The van der Waals surface area contributed by atoms with Gasteiger partial charge in [-0.15, -0.1) is 0 Å². The van der Waals surface area contributed by atoms with E-state index in [2.05, 4.69) is 25.3 Å². The lowest BCUT2D eigenvalue weighted by molar-refractivity contribution is 0.397. The van der Waals surface area contributed by atoms with Crippen molar-refractivity contribution in [3.8, 4) is 5.88 Å². The number of pyridine rings is 1. The number of hydrogen-bond donors (Lipinski definition) is 2. The summed E-state index contributed by atoms with van der Waals surface area (Å²) >= 11 is 0. The van der Waals surface area contributed by atoms with Crippen molar-refractivity contribution in [3.63, 3.8) is 0 Å². The molecule has 0 bridgehead atoms. The molecule has 0 unspecified atom stereocenters. The van der Waals surface area contributed by atoms with Crippen molar-refractivity contribution in [1.29, 1.82) is 0 Å². The highest BCUT2D eigenvalue weighted by atomic mass is 16.5. The lowest BCUT2D eigenvalue weighted by atomic mass is 10.3. The molecule has 0 aliphatic heterocycles. The first-order valence-electron chi connectivity index (χ1n) is 6.00. The molecule has 0 saturated heterocycles. The molecule has 0 atom stereocenters. The molecule has 0 aliphatic carbocycles. The van der Waals surface area contributed by atoms with Crippen molar-refractivity contribution in [3.05, 3.63) is 23.9 Å². The molecule has 3 N–H and O–H groups in total. The number of methoxy groups -OCH3 is 1. The standard InChI is InChI=1S/C12H17N7O/c1-19(2)12-17-10(13)16-11(18-12)15-7-8-4-5-9(20-3)14-6-8/h4-6H,7H2,1-3H3,(H3,13,15,16,17,18). The van der Waals surface area contributed by atoms with Crippen LogP contribution in [0, 0.1) is 0 Å². The van der Waals surface area contributed by atoms with E-state index in [9.17, 15) is 0 Å². The van der Waals surface area contributed by atoms with Crippen LogP contribution in [0.2, 0.25) is 0 Å². The van der Waals surface area contributed by atoms with Crippen LogP contribution in [0.1, 0.15) is 5.56 Å². The van der Waals surface area contributed by atoms with Gasteiger partial charge in [-0.1, -0.05) is 6.07 Å². The molecule has 20 heavy (non-hydrogen) atoms. The molecule has 0 amide bonds. The minimum Gasteiger partial charge on any atom is -0.481 e. The van der Waals surface area contributed by atoms with E-state index in [1.54, 1.807) is 24.3 Å². The molecule has 0 aromatic carbocycles. The number of nitrogens with two attached hydrogens (primary N) is 1. The Balaban J connectivity index is 2.06. The third-order valence-corrected chi connectivity index (χ3v) is 2.50. The monoisotopic (exact) mass is 275 g/mol. The molecule has 0 aliphatic rings. The zero-order valence-corrected chi connectivity index (χ0v) is 11.7. The Hall–Kier alpha value is -2.64. The maximum atomic E-state index is 5.65. The van der Waals surface area contributed by atoms with Crippen molar-refractivity contribution in [1.82, 2.24) is 19.9 Å². The van der Waals surface area contributed by atoms with E-state index in [1.807, 2.05) is 20.2 Å². The Kier molecular flexibility index (Phi) is 4.14. The second-order valence-corrected chi connectivity index (χ2v) is 4.27. The molecule has 8 heteroatoms. The number of ether oxygens (including phenoxy) is 1. The van der Waals surface area contributed by atoms with Crippen LogP contribution in [-0.2, 0) is 6.54 Å². The van der Waals surface area contributed by atoms with Gasteiger partial charge in [0.15, 0.2) is 0 Å². The Morgan fingerprint density at radius 1 is 1.25 bits per heavy atom. The Morgan fingerprint density at radius 2 is 2.05 bits per heavy atom. The number of nitrogen functional groups attached to an aromatic ring is 1. The van der Waals surface area contributed by atoms with Crippen LogP contribution < -0.4 is 20.7 Å². The van der Waals surface area contributed by atoms with Crippen LogP contribution in [0.3, 0.4) is 0 Å². The Morgan fingerprint density at radius 3 is 2.65 bits per heavy atom. The molecule has 2 aromatic rings. The molecule has 0 spiro atoms. The summed E-state index contributed by atoms with van der Waals surface area (Å²) in [6, 6.07) is 3.71. The zero-order chi connectivity index (χ0) is 14.5. The topological polar surface area (TPSA) is 102 Å². The summed E-state index contributed by atoms with van der Waals surface area (Å²) in [5, 5.41) is 3.08. The molecular formula is C12H17N7O. The van der Waals surface area contributed by atoms with Gasteiger partial charge in [-0.2, -0.15) is 15.0 Å². The maximum Gasteiger partial charge on any atom is 0.231 e. The van der Waals surface area contributed by atoms with Gasteiger partial charge in [0, 0.05) is 32.9 Å². The van der Waals surface area contributed by atoms with Gasteiger partial charge in [0.05, 0.1) is 7.11 Å². The predicted octanol–water partition coefficient (Wildman–Crippen LogP) is 0.535. The highest BCUT2D eigenvalue weighted by Gasteiger charge is 2.06. The van der Waals surface area contributed by atoms with E-state index >= 15 is 0 Å². The summed E-state index contributed by atoms with van der Waals surface area (Å²) in [6.07, 6.45) is 1.73. The molecule has 106 valence electrons. The third-order valence-electron chi connectivity index (χ3n) is 2.50. The number of nitrogens with one attached hydrogen (secondary N) is 1. The van der Waals surface area contributed by atoms with Gasteiger partial charge in [-0.3, -0.25) is 0 Å². The van der Waals surface area contributed by atoms with Crippen LogP contribution in [-0.4, -0.2) is 41.1 Å². The Labute approximate surface area is 117 Å². The van der Waals surface area contributed by atoms with Gasteiger partial charge in [0.2, 0.25) is 23.7 Å². The summed E-state index contributed by atoms with van der Waals surface area (Å²) in [6.45, 7) is 0.535. The number of aromatic nitrogens is 4. The normalized spacial score (nSPS) is 10.2. The van der Waals surface area contributed by atoms with Gasteiger partial charge in [0.25, 0.3) is 0 Å². The van der Waals surface area contributed by atoms with Gasteiger partial charge in [0.1, 0.15) is 0 Å². The van der Waals surface area contributed by atoms with Crippen molar-refractivity contribution in [2.45, 2.75) is 6.54 Å². The summed E-state index contributed by atoms with van der Waals surface area (Å²) < 4.78 is 5.00. The van der Waals surface area contributed by atoms with Crippen LogP contribution in [0.15, 0.2) is 18.3 Å². The molecular weight excluding hydrogens is 258 g/mol. The van der Waals surface area contributed by atoms with Gasteiger partial charge < -0.3 is 20.7 Å². The van der Waals surface area contributed by atoms with Crippen LogP contribution in [0.25, 0.3) is 0 Å². The van der Waals surface area contributed by atoms with E-state index in [1.165, 1.54) is 0 Å². The van der Waals surface area contributed by atoms with Gasteiger partial charge in [-0.25, -0.2) is 4.98 Å². The number of nitrogens with zero attached hydrogens (tertiary/aromatic N) is 5. The quantitative estimate of drug-likeness (QED) is 0.815. The Bertz CT molecular complexity index is 571. The highest BCUT2D eigenvalue weighted by Crippen LogP contribution is 2.11. The smallest absolute Gasteiger partial charge is 0.231 e. The predicted molar refractivity (Wildman–Crippen MR) is 76.7 cm³/mol. The summed E-state index contributed by atoms with van der Waals surface area (Å²) in [5.74, 6) is 1.69. The molecule has 2 rings (SSSR count). The molecule has 0 fully saturated rings. The maximum absolute atomic E-state index is 5.65. The average Bonchev–Trinajstić information content (AvgIpc) is 2.45. The molecule has 0 radical (unpaired) electrons. The number of rotatable bonds is 5. The van der Waals surface area contributed by atoms with E-state index in [4.69, 9.17) is 10.5 Å². The van der Waals surface area contributed by atoms with E-state index in [-0.39, 0.29) is 5.95 Å². The minimum atomic E-state index is 0.180. The second-order valence-electron chi connectivity index (χ2n) is 4.27. The van der Waals surface area contributed by atoms with Crippen LogP contribution in [0.4, 0.5) is 17.8 Å². The first kappa shape index (κ1) is 13.8.